The van der Waals surface area contributed by atoms with E-state index >= 15 is 0 Å². The van der Waals surface area contributed by atoms with Gasteiger partial charge in [-0.15, -0.1) is 0 Å². The van der Waals surface area contributed by atoms with Gasteiger partial charge in [-0.05, 0) is 48.4 Å². The van der Waals surface area contributed by atoms with Gasteiger partial charge in [-0.1, -0.05) is 98.3 Å². The minimum Gasteiger partial charge on any atom is -0.494 e. The van der Waals surface area contributed by atoms with E-state index in [1.54, 1.807) is 18.2 Å². The quantitative estimate of drug-likeness (QED) is 0.189. The fourth-order valence-electron chi connectivity index (χ4n) is 3.24. The summed E-state index contributed by atoms with van der Waals surface area (Å²) in [6.45, 7) is 2.95. The fraction of sp³-hybridized carbons (Fsp3) is 0.333. The Hall–Kier alpha value is -1.53. The third-order valence-electron chi connectivity index (χ3n) is 4.84. The molecular weight excluding hydrogens is 469 g/mol. The van der Waals surface area contributed by atoms with Crippen LogP contribution in [0.5, 0.6) is 5.75 Å². The molecular formula is C24H25Cl2NO2S2. The summed E-state index contributed by atoms with van der Waals surface area (Å²) in [4.78, 5) is 14.9. The molecule has 2 aromatic carbocycles. The normalized spacial score (nSPS) is 15.2. The second-order valence-corrected chi connectivity index (χ2v) is 9.88. The maximum atomic E-state index is 12.9. The zero-order valence-corrected chi connectivity index (χ0v) is 20.5. The zero-order chi connectivity index (χ0) is 22.2. The first-order valence-electron chi connectivity index (χ1n) is 10.4. The van der Waals surface area contributed by atoms with Crippen molar-refractivity contribution in [1.29, 1.82) is 0 Å². The third kappa shape index (κ3) is 6.98. The van der Waals surface area contributed by atoms with Gasteiger partial charge in [-0.3, -0.25) is 9.69 Å². The Morgan fingerprint density at radius 2 is 1.65 bits per heavy atom. The van der Waals surface area contributed by atoms with Gasteiger partial charge in [-0.2, -0.15) is 0 Å². The molecule has 0 saturated carbocycles. The second kappa shape index (κ2) is 11.9. The Bertz CT molecular complexity index is 940. The zero-order valence-electron chi connectivity index (χ0n) is 17.4. The van der Waals surface area contributed by atoms with Crippen LogP contribution < -0.4 is 9.64 Å². The molecule has 3 nitrogen and oxygen atoms in total. The smallest absolute Gasteiger partial charge is 0.270 e. The summed E-state index contributed by atoms with van der Waals surface area (Å²) in [6.07, 6.45) is 9.27. The Morgan fingerprint density at radius 3 is 2.32 bits per heavy atom. The number of thiocarbonyl (C=S) groups is 1. The number of carbonyl (C=O) groups is 1. The number of ether oxygens (including phenoxy) is 1. The van der Waals surface area contributed by atoms with Crippen molar-refractivity contribution in [1.82, 2.24) is 0 Å². The molecule has 164 valence electrons. The lowest BCUT2D eigenvalue weighted by Crippen LogP contribution is -2.27. The number of hydrogen-bond donors (Lipinski definition) is 0. The van der Waals surface area contributed by atoms with Gasteiger partial charge in [0, 0.05) is 10.0 Å². The molecule has 1 heterocycles. The minimum absolute atomic E-state index is 0.184. The molecule has 0 unspecified atom stereocenters. The van der Waals surface area contributed by atoms with Gasteiger partial charge in [0.25, 0.3) is 5.91 Å². The molecule has 0 N–H and O–H groups in total. The largest absolute Gasteiger partial charge is 0.494 e. The monoisotopic (exact) mass is 493 g/mol. The molecule has 0 aromatic heterocycles. The molecule has 1 aliphatic heterocycles. The van der Waals surface area contributed by atoms with Gasteiger partial charge in [0.05, 0.1) is 17.2 Å². The van der Waals surface area contributed by atoms with Gasteiger partial charge < -0.3 is 4.74 Å². The standard InChI is InChI=1S/C24H25Cl2NO2S2/c1-2-3-4-5-6-7-12-29-21-10-8-17(9-11-21)13-22-23(28)27(24(30)31-22)20-15-18(25)14-19(26)16-20/h8-11,13-16H,2-7,12H2,1H3. The van der Waals surface area contributed by atoms with Gasteiger partial charge in [0.1, 0.15) is 5.75 Å². The second-order valence-electron chi connectivity index (χ2n) is 7.33. The SMILES string of the molecule is CCCCCCCCOc1ccc(C=C2SC(=S)N(c3cc(Cl)cc(Cl)c3)C2=O)cc1. The van der Waals surface area contributed by atoms with Gasteiger partial charge in [0.2, 0.25) is 0 Å². The van der Waals surface area contributed by atoms with Crippen molar-refractivity contribution >= 4 is 69.2 Å². The molecule has 7 heteroatoms. The van der Waals surface area contributed by atoms with Crippen molar-refractivity contribution in [2.24, 2.45) is 0 Å². The summed E-state index contributed by atoms with van der Waals surface area (Å²) in [5.74, 6) is 0.656. The molecule has 0 bridgehead atoms. The average Bonchev–Trinajstić information content (AvgIpc) is 3.00. The van der Waals surface area contributed by atoms with E-state index in [2.05, 4.69) is 6.92 Å². The minimum atomic E-state index is -0.184. The molecule has 1 aliphatic rings. The predicted molar refractivity (Wildman–Crippen MR) is 137 cm³/mol. The molecule has 1 fully saturated rings. The summed E-state index contributed by atoms with van der Waals surface area (Å²) in [5.41, 5.74) is 1.48. The van der Waals surface area contributed by atoms with E-state index in [-0.39, 0.29) is 5.91 Å². The number of nitrogens with zero attached hydrogens (tertiary/aromatic N) is 1. The Labute approximate surface area is 203 Å². The fourth-order valence-corrected chi connectivity index (χ4v) is 5.06. The summed E-state index contributed by atoms with van der Waals surface area (Å²) in [7, 11) is 0. The van der Waals surface area contributed by atoms with Crippen LogP contribution in [-0.2, 0) is 4.79 Å². The highest BCUT2D eigenvalue weighted by atomic mass is 35.5. The van der Waals surface area contributed by atoms with E-state index in [0.29, 0.717) is 25.0 Å². The molecule has 0 aliphatic carbocycles. The van der Waals surface area contributed by atoms with Crippen LogP contribution in [0.3, 0.4) is 0 Å². The first kappa shape index (κ1) is 24.1. The van der Waals surface area contributed by atoms with E-state index in [4.69, 9.17) is 40.2 Å². The van der Waals surface area contributed by atoms with Crippen molar-refractivity contribution < 1.29 is 9.53 Å². The highest BCUT2D eigenvalue weighted by Gasteiger charge is 2.33. The topological polar surface area (TPSA) is 29.5 Å². The maximum absolute atomic E-state index is 12.9. The Kier molecular flexibility index (Phi) is 9.27. The van der Waals surface area contributed by atoms with Crippen molar-refractivity contribution in [2.75, 3.05) is 11.5 Å². The number of anilines is 1. The lowest BCUT2D eigenvalue weighted by Gasteiger charge is -2.15. The number of carbonyl (C=O) groups excluding carboxylic acids is 1. The molecule has 1 saturated heterocycles. The number of thioether (sulfide) groups is 1. The first-order chi connectivity index (χ1) is 15.0. The van der Waals surface area contributed by atoms with Crippen LogP contribution in [-0.4, -0.2) is 16.8 Å². The number of amides is 1. The molecule has 2 aromatic rings. The number of benzene rings is 2. The Balaban J connectivity index is 1.58. The van der Waals surface area contributed by atoms with Gasteiger partial charge in [-0.25, -0.2) is 0 Å². The van der Waals surface area contributed by atoms with E-state index in [0.717, 1.165) is 24.3 Å². The summed E-state index contributed by atoms with van der Waals surface area (Å²) < 4.78 is 6.28. The first-order valence-corrected chi connectivity index (χ1v) is 12.4. The van der Waals surface area contributed by atoms with Crippen LogP contribution >= 0.6 is 47.2 Å². The van der Waals surface area contributed by atoms with Crippen LogP contribution in [0.15, 0.2) is 47.4 Å². The number of halogens is 2. The van der Waals surface area contributed by atoms with Crippen LogP contribution in [0, 0.1) is 0 Å². The van der Waals surface area contributed by atoms with Crippen molar-refractivity contribution in [2.45, 2.75) is 45.4 Å². The van der Waals surface area contributed by atoms with E-state index in [1.807, 2.05) is 30.3 Å². The summed E-state index contributed by atoms with van der Waals surface area (Å²) in [6, 6.07) is 12.7. The van der Waals surface area contributed by atoms with Crippen molar-refractivity contribution in [3.63, 3.8) is 0 Å². The molecule has 1 amide bonds. The van der Waals surface area contributed by atoms with Crippen LogP contribution in [0.4, 0.5) is 5.69 Å². The molecule has 0 atom stereocenters. The maximum Gasteiger partial charge on any atom is 0.270 e. The molecule has 3 rings (SSSR count). The van der Waals surface area contributed by atoms with Crippen LogP contribution in [0.1, 0.15) is 51.0 Å². The third-order valence-corrected chi connectivity index (χ3v) is 6.58. The highest BCUT2D eigenvalue weighted by Crippen LogP contribution is 2.38. The summed E-state index contributed by atoms with van der Waals surface area (Å²) >= 11 is 18.8. The van der Waals surface area contributed by atoms with Gasteiger partial charge >= 0.3 is 0 Å². The van der Waals surface area contributed by atoms with E-state index in [9.17, 15) is 4.79 Å². The van der Waals surface area contributed by atoms with E-state index in [1.165, 1.54) is 48.8 Å². The van der Waals surface area contributed by atoms with Crippen LogP contribution in [0.2, 0.25) is 10.0 Å². The number of hydrogen-bond acceptors (Lipinski definition) is 4. The molecule has 0 spiro atoms. The Morgan fingerprint density at radius 1 is 1.00 bits per heavy atom. The number of unbranched alkanes of at least 4 members (excludes halogenated alkanes) is 5. The van der Waals surface area contributed by atoms with Crippen molar-refractivity contribution in [3.8, 4) is 5.75 Å². The molecule has 0 radical (unpaired) electrons. The molecule has 31 heavy (non-hydrogen) atoms. The highest BCUT2D eigenvalue weighted by molar-refractivity contribution is 8.27. The lowest BCUT2D eigenvalue weighted by molar-refractivity contribution is -0.113. The van der Waals surface area contributed by atoms with E-state index < -0.39 is 0 Å². The number of rotatable bonds is 10. The van der Waals surface area contributed by atoms with Crippen molar-refractivity contribution in [3.05, 3.63) is 63.0 Å². The van der Waals surface area contributed by atoms with Crippen LogP contribution in [0.25, 0.3) is 6.08 Å². The summed E-state index contributed by atoms with van der Waals surface area (Å²) in [5, 5.41) is 0.911. The predicted octanol–water partition coefficient (Wildman–Crippen LogP) is 8.14. The lowest BCUT2D eigenvalue weighted by atomic mass is 10.1. The average molecular weight is 495 g/mol. The van der Waals surface area contributed by atoms with Gasteiger partial charge in [0.15, 0.2) is 4.32 Å².